The number of fused-ring (bicyclic) bond motifs is 3. The molecule has 1 aliphatic carbocycles. The zero-order valence-corrected chi connectivity index (χ0v) is 20.3. The molecule has 36 heavy (non-hydrogen) atoms. The number of aromatic nitrogens is 1. The molecule has 2 heterocycles. The molecule has 0 fully saturated rings. The molecular weight excluding hydrogens is 498 g/mol. The van der Waals surface area contributed by atoms with E-state index < -0.39 is 11.0 Å². The number of benzene rings is 3. The summed E-state index contributed by atoms with van der Waals surface area (Å²) >= 11 is 7.83. The van der Waals surface area contributed by atoms with Crippen molar-refractivity contribution in [1.29, 1.82) is 0 Å². The molecule has 0 radical (unpaired) electrons. The molecule has 2 aliphatic rings. The van der Waals surface area contributed by atoms with E-state index in [1.165, 1.54) is 41.2 Å². The standard InChI is InChI=1S/C27H18ClN3O4S/c28-21-8-4-3-7-19(21)25-20-11-9-15-5-1-2-6-18(15)24(20)29-27-30(25)26(33)23(36-27)14-16-13-17(31(34)35)10-12-22(16)32/h1-8,10,12-14,25,32H,9,11H2/b23-14-/t25-/m1/s1. The lowest BCUT2D eigenvalue weighted by Gasteiger charge is -2.31. The maximum Gasteiger partial charge on any atom is 0.271 e. The Bertz CT molecular complexity index is 1790. The number of hydrogen-bond donors (Lipinski definition) is 1. The summed E-state index contributed by atoms with van der Waals surface area (Å²) < 4.78 is 1.97. The number of aromatic hydroxyl groups is 1. The maximum atomic E-state index is 13.8. The minimum Gasteiger partial charge on any atom is -0.507 e. The van der Waals surface area contributed by atoms with Gasteiger partial charge < -0.3 is 5.11 Å². The van der Waals surface area contributed by atoms with Gasteiger partial charge in [0.1, 0.15) is 5.75 Å². The number of hydrogen-bond acceptors (Lipinski definition) is 6. The van der Waals surface area contributed by atoms with Crippen molar-refractivity contribution in [2.24, 2.45) is 4.99 Å². The number of non-ortho nitro benzene ring substituents is 1. The second-order valence-corrected chi connectivity index (χ2v) is 10.1. The van der Waals surface area contributed by atoms with Crippen molar-refractivity contribution in [3.63, 3.8) is 0 Å². The van der Waals surface area contributed by atoms with Gasteiger partial charge in [-0.05, 0) is 47.8 Å². The number of halogens is 1. The zero-order valence-electron chi connectivity index (χ0n) is 18.7. The van der Waals surface area contributed by atoms with E-state index in [1.807, 2.05) is 42.5 Å². The van der Waals surface area contributed by atoms with E-state index in [9.17, 15) is 20.0 Å². The molecular formula is C27H18ClN3O4S. The molecule has 9 heteroatoms. The van der Waals surface area contributed by atoms with Crippen molar-refractivity contribution in [2.75, 3.05) is 0 Å². The van der Waals surface area contributed by atoms with Crippen molar-refractivity contribution in [2.45, 2.75) is 18.9 Å². The van der Waals surface area contributed by atoms with Crippen LogP contribution in [0.1, 0.15) is 34.7 Å². The first kappa shape index (κ1) is 22.5. The van der Waals surface area contributed by atoms with Crippen LogP contribution in [0.4, 0.5) is 5.69 Å². The summed E-state index contributed by atoms with van der Waals surface area (Å²) in [5.74, 6) is -0.151. The summed E-state index contributed by atoms with van der Waals surface area (Å²) in [7, 11) is 0. The average Bonchev–Trinajstić information content (AvgIpc) is 3.19. The fourth-order valence-electron chi connectivity index (χ4n) is 4.91. The van der Waals surface area contributed by atoms with Gasteiger partial charge in [0.15, 0.2) is 4.80 Å². The van der Waals surface area contributed by atoms with Crippen LogP contribution in [0.5, 0.6) is 5.75 Å². The minimum absolute atomic E-state index is 0.151. The highest BCUT2D eigenvalue weighted by Gasteiger charge is 2.33. The van der Waals surface area contributed by atoms with Gasteiger partial charge in [0.2, 0.25) is 0 Å². The number of aryl methyl sites for hydroxylation is 1. The van der Waals surface area contributed by atoms with Crippen LogP contribution in [0.3, 0.4) is 0 Å². The van der Waals surface area contributed by atoms with Gasteiger partial charge in [0, 0.05) is 28.3 Å². The Morgan fingerprint density at radius 3 is 2.69 bits per heavy atom. The lowest BCUT2D eigenvalue weighted by atomic mass is 9.83. The highest BCUT2D eigenvalue weighted by molar-refractivity contribution is 7.07. The Kier molecular flexibility index (Phi) is 5.35. The van der Waals surface area contributed by atoms with Crippen LogP contribution in [-0.4, -0.2) is 14.6 Å². The first-order valence-electron chi connectivity index (χ1n) is 11.3. The van der Waals surface area contributed by atoms with Crippen molar-refractivity contribution >= 4 is 40.4 Å². The third-order valence-electron chi connectivity index (χ3n) is 6.58. The third-order valence-corrected chi connectivity index (χ3v) is 7.91. The normalized spacial score (nSPS) is 16.7. The lowest BCUT2D eigenvalue weighted by molar-refractivity contribution is -0.384. The van der Waals surface area contributed by atoms with Crippen molar-refractivity contribution in [3.05, 3.63) is 129 Å². The molecule has 7 nitrogen and oxygen atoms in total. The van der Waals surface area contributed by atoms with Gasteiger partial charge in [-0.3, -0.25) is 19.5 Å². The van der Waals surface area contributed by atoms with E-state index in [0.717, 1.165) is 35.2 Å². The van der Waals surface area contributed by atoms with E-state index in [0.29, 0.717) is 14.4 Å². The van der Waals surface area contributed by atoms with E-state index in [4.69, 9.17) is 16.6 Å². The van der Waals surface area contributed by atoms with E-state index in [1.54, 1.807) is 4.57 Å². The van der Waals surface area contributed by atoms with E-state index in [2.05, 4.69) is 6.07 Å². The first-order valence-corrected chi connectivity index (χ1v) is 12.5. The predicted octanol–water partition coefficient (Wildman–Crippen LogP) is 4.59. The highest BCUT2D eigenvalue weighted by atomic mass is 35.5. The minimum atomic E-state index is -0.540. The highest BCUT2D eigenvalue weighted by Crippen LogP contribution is 2.42. The number of phenols is 1. The van der Waals surface area contributed by atoms with Gasteiger partial charge in [0.05, 0.1) is 21.2 Å². The number of nitrogens with zero attached hydrogens (tertiary/aromatic N) is 3. The van der Waals surface area contributed by atoms with Gasteiger partial charge >= 0.3 is 0 Å². The Morgan fingerprint density at radius 2 is 1.89 bits per heavy atom. The van der Waals surface area contributed by atoms with Crippen molar-refractivity contribution < 1.29 is 10.0 Å². The zero-order chi connectivity index (χ0) is 25.0. The number of phenolic OH excluding ortho intramolecular Hbond substituents is 1. The number of thiazole rings is 1. The fraction of sp³-hybridized carbons (Fsp3) is 0.111. The lowest BCUT2D eigenvalue weighted by Crippen LogP contribution is -2.38. The molecule has 0 amide bonds. The Hall–Kier alpha value is -4.01. The third kappa shape index (κ3) is 3.57. The number of rotatable bonds is 3. The molecule has 4 aromatic rings. The molecule has 6 rings (SSSR count). The molecule has 0 unspecified atom stereocenters. The topological polar surface area (TPSA) is 97.7 Å². The number of nitro benzene ring substituents is 1. The summed E-state index contributed by atoms with van der Waals surface area (Å²) in [4.78, 5) is 29.9. The summed E-state index contributed by atoms with van der Waals surface area (Å²) in [5, 5.41) is 22.1. The predicted molar refractivity (Wildman–Crippen MR) is 139 cm³/mol. The first-order chi connectivity index (χ1) is 17.4. The van der Waals surface area contributed by atoms with Gasteiger partial charge in [-0.2, -0.15) is 0 Å². The summed E-state index contributed by atoms with van der Waals surface area (Å²) in [6, 6.07) is 18.9. The number of allylic oxidation sites excluding steroid dienone is 1. The second-order valence-electron chi connectivity index (χ2n) is 8.64. The van der Waals surface area contributed by atoms with E-state index in [-0.39, 0.29) is 22.6 Å². The maximum absolute atomic E-state index is 13.8. The SMILES string of the molecule is O=c1/c(=C/c2cc([N+](=O)[O-])ccc2O)sc2n1[C@H](c1ccccc1Cl)C1=C(N=2)c2ccccc2CC1. The molecule has 1 N–H and O–H groups in total. The molecule has 178 valence electrons. The molecule has 1 atom stereocenters. The Balaban J connectivity index is 1.63. The van der Waals surface area contributed by atoms with Crippen LogP contribution in [0, 0.1) is 10.1 Å². The van der Waals surface area contributed by atoms with Gasteiger partial charge in [-0.15, -0.1) is 0 Å². The largest absolute Gasteiger partial charge is 0.507 e. The van der Waals surface area contributed by atoms with Gasteiger partial charge in [0.25, 0.3) is 11.2 Å². The quantitative estimate of drug-likeness (QED) is 0.319. The van der Waals surface area contributed by atoms with E-state index >= 15 is 0 Å². The van der Waals surface area contributed by atoms with Crippen LogP contribution in [0.2, 0.25) is 5.02 Å². The smallest absolute Gasteiger partial charge is 0.271 e. The van der Waals surface area contributed by atoms with Crippen molar-refractivity contribution in [1.82, 2.24) is 4.57 Å². The Labute approximate surface area is 213 Å². The Morgan fingerprint density at radius 1 is 1.11 bits per heavy atom. The summed E-state index contributed by atoms with van der Waals surface area (Å²) in [6.45, 7) is 0. The fourth-order valence-corrected chi connectivity index (χ4v) is 6.14. The molecule has 0 spiro atoms. The molecule has 1 aliphatic heterocycles. The molecule has 0 bridgehead atoms. The van der Waals surface area contributed by atoms with Gasteiger partial charge in [-0.1, -0.05) is 65.4 Å². The van der Waals surface area contributed by atoms with Crippen LogP contribution in [0.25, 0.3) is 11.8 Å². The van der Waals surface area contributed by atoms with Crippen LogP contribution in [-0.2, 0) is 6.42 Å². The summed E-state index contributed by atoms with van der Waals surface area (Å²) in [6.07, 6.45) is 3.05. The molecule has 0 saturated heterocycles. The van der Waals surface area contributed by atoms with Crippen LogP contribution in [0.15, 0.2) is 82.1 Å². The summed E-state index contributed by atoms with van der Waals surface area (Å²) in [5.41, 5.74) is 4.67. The van der Waals surface area contributed by atoms with Crippen LogP contribution >= 0.6 is 22.9 Å². The monoisotopic (exact) mass is 515 g/mol. The number of nitro groups is 1. The molecule has 1 aromatic heterocycles. The molecule has 0 saturated carbocycles. The molecule has 3 aromatic carbocycles. The van der Waals surface area contributed by atoms with Gasteiger partial charge in [-0.25, -0.2) is 4.99 Å². The van der Waals surface area contributed by atoms with Crippen LogP contribution < -0.4 is 14.9 Å². The average molecular weight is 516 g/mol. The second kappa shape index (κ2) is 8.58. The van der Waals surface area contributed by atoms with Crippen molar-refractivity contribution in [3.8, 4) is 5.75 Å².